The smallest absolute Gasteiger partial charge is 0.317 e. The zero-order valence-electron chi connectivity index (χ0n) is 7.91. The lowest BCUT2D eigenvalue weighted by Gasteiger charge is -2.06. The van der Waals surface area contributed by atoms with Crippen LogP contribution in [0.25, 0.3) is 0 Å². The number of rotatable bonds is 8. The molecule has 0 heterocycles. The van der Waals surface area contributed by atoms with Crippen LogP contribution in [0.3, 0.4) is 0 Å². The second-order valence-electron chi connectivity index (χ2n) is 3.12. The maximum atomic E-state index is 10.5. The summed E-state index contributed by atoms with van der Waals surface area (Å²) in [6.07, 6.45) is 3.84. The molecule has 14 heavy (non-hydrogen) atoms. The van der Waals surface area contributed by atoms with Crippen molar-refractivity contribution in [2.75, 3.05) is 5.33 Å². The zero-order valence-corrected chi connectivity index (χ0v) is 9.49. The average Bonchev–Trinajstić information content (AvgIpc) is 2.09. The molecule has 0 fully saturated rings. The molecule has 0 rings (SSSR count). The van der Waals surface area contributed by atoms with Crippen molar-refractivity contribution in [2.24, 2.45) is 5.92 Å². The Bertz CT molecular complexity index is 179. The number of carbonyl (C=O) groups is 2. The van der Waals surface area contributed by atoms with Gasteiger partial charge >= 0.3 is 11.9 Å². The van der Waals surface area contributed by atoms with Gasteiger partial charge in [0.05, 0.1) is 0 Å². The molecule has 0 unspecified atom stereocenters. The molecule has 0 saturated carbocycles. The predicted molar refractivity (Wildman–Crippen MR) is 55.6 cm³/mol. The number of hydrogen-bond acceptors (Lipinski definition) is 2. The molecule has 82 valence electrons. The highest BCUT2D eigenvalue weighted by Gasteiger charge is 2.24. The van der Waals surface area contributed by atoms with Crippen molar-refractivity contribution in [2.45, 2.75) is 32.1 Å². The van der Waals surface area contributed by atoms with Gasteiger partial charge in [-0.15, -0.1) is 0 Å². The standard InChI is InChI=1S/C9H15BrO4/c10-6-4-2-1-3-5-7(8(11)12)9(13)14/h7H,1-6H2,(H,11,12)(H,13,14). The fraction of sp³-hybridized carbons (Fsp3) is 0.778. The first kappa shape index (κ1) is 13.4. The first-order valence-corrected chi connectivity index (χ1v) is 5.73. The Balaban J connectivity index is 3.62. The Morgan fingerprint density at radius 2 is 1.50 bits per heavy atom. The molecule has 0 aromatic heterocycles. The average molecular weight is 267 g/mol. The van der Waals surface area contributed by atoms with Crippen LogP contribution in [0.15, 0.2) is 0 Å². The van der Waals surface area contributed by atoms with Crippen molar-refractivity contribution in [3.63, 3.8) is 0 Å². The van der Waals surface area contributed by atoms with Crippen molar-refractivity contribution in [1.29, 1.82) is 0 Å². The van der Waals surface area contributed by atoms with Crippen molar-refractivity contribution in [1.82, 2.24) is 0 Å². The Morgan fingerprint density at radius 1 is 1.00 bits per heavy atom. The molecule has 5 heteroatoms. The lowest BCUT2D eigenvalue weighted by atomic mass is 10.0. The molecule has 0 aliphatic carbocycles. The van der Waals surface area contributed by atoms with Crippen LogP contribution in [-0.4, -0.2) is 27.5 Å². The van der Waals surface area contributed by atoms with Crippen LogP contribution in [0.5, 0.6) is 0 Å². The van der Waals surface area contributed by atoms with Crippen LogP contribution in [0.1, 0.15) is 32.1 Å². The molecule has 4 nitrogen and oxygen atoms in total. The van der Waals surface area contributed by atoms with Gasteiger partial charge in [0.2, 0.25) is 0 Å². The summed E-state index contributed by atoms with van der Waals surface area (Å²) in [6.45, 7) is 0. The molecule has 0 amide bonds. The van der Waals surface area contributed by atoms with E-state index >= 15 is 0 Å². The first-order chi connectivity index (χ1) is 6.59. The van der Waals surface area contributed by atoms with Gasteiger partial charge in [0.15, 0.2) is 5.92 Å². The molecule has 0 radical (unpaired) electrons. The van der Waals surface area contributed by atoms with Crippen molar-refractivity contribution in [3.05, 3.63) is 0 Å². The van der Waals surface area contributed by atoms with E-state index in [2.05, 4.69) is 15.9 Å². The van der Waals surface area contributed by atoms with Crippen LogP contribution in [0, 0.1) is 5.92 Å². The molecular formula is C9H15BrO4. The quantitative estimate of drug-likeness (QED) is 0.401. The van der Waals surface area contributed by atoms with Crippen LogP contribution in [0.4, 0.5) is 0 Å². The minimum Gasteiger partial charge on any atom is -0.481 e. The lowest BCUT2D eigenvalue weighted by molar-refractivity contribution is -0.154. The number of hydrogen-bond donors (Lipinski definition) is 2. The summed E-state index contributed by atoms with van der Waals surface area (Å²) >= 11 is 3.29. The second kappa shape index (κ2) is 7.79. The van der Waals surface area contributed by atoms with Gasteiger partial charge in [-0.1, -0.05) is 35.2 Å². The SMILES string of the molecule is O=C(O)C(CCCCCCBr)C(=O)O. The molecule has 0 aliphatic rings. The fourth-order valence-electron chi connectivity index (χ4n) is 1.15. The molecule has 0 atom stereocenters. The van der Waals surface area contributed by atoms with Gasteiger partial charge in [-0.3, -0.25) is 9.59 Å². The number of unbranched alkanes of at least 4 members (excludes halogenated alkanes) is 3. The van der Waals surface area contributed by atoms with E-state index in [1.165, 1.54) is 0 Å². The zero-order chi connectivity index (χ0) is 11.0. The highest BCUT2D eigenvalue weighted by Crippen LogP contribution is 2.12. The third-order valence-corrected chi connectivity index (χ3v) is 2.53. The highest BCUT2D eigenvalue weighted by molar-refractivity contribution is 9.09. The lowest BCUT2D eigenvalue weighted by Crippen LogP contribution is -2.23. The van der Waals surface area contributed by atoms with Crippen molar-refractivity contribution < 1.29 is 19.8 Å². The number of alkyl halides is 1. The largest absolute Gasteiger partial charge is 0.481 e. The minimum absolute atomic E-state index is 0.229. The molecular weight excluding hydrogens is 252 g/mol. The molecule has 0 aliphatic heterocycles. The van der Waals surface area contributed by atoms with E-state index < -0.39 is 17.9 Å². The van der Waals surface area contributed by atoms with E-state index in [0.29, 0.717) is 6.42 Å². The summed E-state index contributed by atoms with van der Waals surface area (Å²) in [5.41, 5.74) is 0. The van der Waals surface area contributed by atoms with E-state index in [0.717, 1.165) is 24.6 Å². The third-order valence-electron chi connectivity index (χ3n) is 1.97. The summed E-state index contributed by atoms with van der Waals surface area (Å²) in [4.78, 5) is 20.9. The third kappa shape index (κ3) is 5.96. The summed E-state index contributed by atoms with van der Waals surface area (Å²) in [7, 11) is 0. The maximum Gasteiger partial charge on any atom is 0.317 e. The Kier molecular flexibility index (Phi) is 7.47. The van der Waals surface area contributed by atoms with E-state index in [4.69, 9.17) is 10.2 Å². The minimum atomic E-state index is -1.24. The summed E-state index contributed by atoms with van der Waals surface area (Å²) in [6, 6.07) is 0. The Morgan fingerprint density at radius 3 is 1.93 bits per heavy atom. The van der Waals surface area contributed by atoms with Gasteiger partial charge in [0.1, 0.15) is 0 Å². The van der Waals surface area contributed by atoms with E-state index in [9.17, 15) is 9.59 Å². The molecule has 0 aromatic carbocycles. The maximum absolute atomic E-state index is 10.5. The summed E-state index contributed by atoms with van der Waals surface area (Å²) in [5, 5.41) is 18.1. The molecule has 0 saturated heterocycles. The molecule has 0 spiro atoms. The van der Waals surface area contributed by atoms with Gasteiger partial charge in [-0.05, 0) is 12.8 Å². The van der Waals surface area contributed by atoms with Crippen LogP contribution < -0.4 is 0 Å². The number of halogens is 1. The topological polar surface area (TPSA) is 74.6 Å². The molecule has 0 bridgehead atoms. The molecule has 0 aromatic rings. The van der Waals surface area contributed by atoms with Crippen molar-refractivity contribution >= 4 is 27.9 Å². The van der Waals surface area contributed by atoms with Gasteiger partial charge in [0, 0.05) is 5.33 Å². The first-order valence-electron chi connectivity index (χ1n) is 4.61. The Hall–Kier alpha value is -0.580. The summed E-state index contributed by atoms with van der Waals surface area (Å²) in [5.74, 6) is -3.71. The summed E-state index contributed by atoms with van der Waals surface area (Å²) < 4.78 is 0. The van der Waals surface area contributed by atoms with Gasteiger partial charge in [-0.25, -0.2) is 0 Å². The number of aliphatic carboxylic acids is 2. The van der Waals surface area contributed by atoms with Gasteiger partial charge < -0.3 is 10.2 Å². The monoisotopic (exact) mass is 266 g/mol. The van der Waals surface area contributed by atoms with Crippen LogP contribution in [-0.2, 0) is 9.59 Å². The second-order valence-corrected chi connectivity index (χ2v) is 3.91. The van der Waals surface area contributed by atoms with Crippen LogP contribution >= 0.6 is 15.9 Å². The van der Waals surface area contributed by atoms with Gasteiger partial charge in [-0.2, -0.15) is 0 Å². The number of carboxylic acids is 2. The fourth-order valence-corrected chi connectivity index (χ4v) is 1.55. The predicted octanol–water partition coefficient (Wildman–Crippen LogP) is 2.12. The number of carboxylic acid groups (broad SMARTS) is 2. The van der Waals surface area contributed by atoms with Gasteiger partial charge in [0.25, 0.3) is 0 Å². The van der Waals surface area contributed by atoms with Crippen LogP contribution in [0.2, 0.25) is 0 Å². The highest BCUT2D eigenvalue weighted by atomic mass is 79.9. The van der Waals surface area contributed by atoms with E-state index in [-0.39, 0.29) is 6.42 Å². The van der Waals surface area contributed by atoms with Crippen molar-refractivity contribution in [3.8, 4) is 0 Å². The van der Waals surface area contributed by atoms with E-state index in [1.807, 2.05) is 0 Å². The Labute approximate surface area is 91.4 Å². The normalized spacial score (nSPS) is 10.4. The van der Waals surface area contributed by atoms with E-state index in [1.54, 1.807) is 0 Å². The molecule has 2 N–H and O–H groups in total.